The van der Waals surface area contributed by atoms with E-state index in [1.54, 1.807) is 0 Å². The quantitative estimate of drug-likeness (QED) is 0.792. The Morgan fingerprint density at radius 2 is 2.00 bits per heavy atom. The van der Waals surface area contributed by atoms with Crippen molar-refractivity contribution < 1.29 is 13.5 Å². The van der Waals surface area contributed by atoms with Crippen LogP contribution in [0.4, 0.5) is 8.78 Å². The van der Waals surface area contributed by atoms with E-state index in [0.717, 1.165) is 6.07 Å². The van der Waals surface area contributed by atoms with E-state index < -0.39 is 17.0 Å². The molecule has 90 valence electrons. The second-order valence-corrected chi connectivity index (χ2v) is 4.39. The Balaban J connectivity index is 2.24. The average molecular weight is 237 g/mol. The minimum absolute atomic E-state index is 0.246. The van der Waals surface area contributed by atoms with Gasteiger partial charge in [0.25, 0.3) is 0 Å². The molecule has 0 unspecified atom stereocenters. The van der Waals surface area contributed by atoms with E-state index in [1.165, 1.54) is 12.1 Å². The van der Waals surface area contributed by atoms with Crippen LogP contribution in [0.15, 0.2) is 18.2 Å². The highest BCUT2D eigenvalue weighted by molar-refractivity contribution is 5.22. The van der Waals surface area contributed by atoms with Crippen LogP contribution in [0.2, 0.25) is 0 Å². The van der Waals surface area contributed by atoms with Crippen LogP contribution in [-0.4, -0.2) is 13.2 Å². The van der Waals surface area contributed by atoms with Crippen molar-refractivity contribution in [2.45, 2.75) is 19.3 Å². The number of hydrogen-bond donors (Lipinski definition) is 0. The van der Waals surface area contributed by atoms with Crippen LogP contribution >= 0.6 is 0 Å². The molecule has 1 aromatic rings. The van der Waals surface area contributed by atoms with Crippen LogP contribution in [0.25, 0.3) is 0 Å². The van der Waals surface area contributed by atoms with Crippen LogP contribution in [-0.2, 0) is 11.2 Å². The molecule has 0 atom stereocenters. The molecule has 1 heterocycles. The van der Waals surface area contributed by atoms with Gasteiger partial charge in [0.1, 0.15) is 0 Å². The maximum Gasteiger partial charge on any atom is 0.162 e. The number of halogens is 2. The smallest absolute Gasteiger partial charge is 0.162 e. The molecule has 0 aliphatic carbocycles. The summed E-state index contributed by atoms with van der Waals surface area (Å²) in [6.45, 7) is 1.01. The summed E-state index contributed by atoms with van der Waals surface area (Å²) in [5.41, 5.74) is -0.346. The Morgan fingerprint density at radius 1 is 1.29 bits per heavy atom. The first-order chi connectivity index (χ1) is 8.17. The zero-order chi connectivity index (χ0) is 12.3. The van der Waals surface area contributed by atoms with E-state index in [2.05, 4.69) is 6.07 Å². The Morgan fingerprint density at radius 3 is 2.65 bits per heavy atom. The van der Waals surface area contributed by atoms with Crippen molar-refractivity contribution in [1.29, 1.82) is 5.26 Å². The van der Waals surface area contributed by atoms with Gasteiger partial charge in [0.05, 0.1) is 11.5 Å². The van der Waals surface area contributed by atoms with Gasteiger partial charge in [-0.25, -0.2) is 8.78 Å². The lowest BCUT2D eigenvalue weighted by Crippen LogP contribution is -2.30. The summed E-state index contributed by atoms with van der Waals surface area (Å²) in [6.07, 6.45) is 1.38. The average Bonchev–Trinajstić information content (AvgIpc) is 2.36. The number of hydrogen-bond acceptors (Lipinski definition) is 2. The van der Waals surface area contributed by atoms with E-state index in [4.69, 9.17) is 4.74 Å². The van der Waals surface area contributed by atoms with Crippen LogP contribution in [0.1, 0.15) is 18.4 Å². The normalized spacial score (nSPS) is 18.6. The van der Waals surface area contributed by atoms with Gasteiger partial charge in [-0.2, -0.15) is 5.26 Å². The molecule has 2 rings (SSSR count). The summed E-state index contributed by atoms with van der Waals surface area (Å²) < 4.78 is 31.8. The fraction of sp³-hybridized carbons (Fsp3) is 0.462. The van der Waals surface area contributed by atoms with Gasteiger partial charge in [0.15, 0.2) is 11.6 Å². The first kappa shape index (κ1) is 12.0. The Hall–Kier alpha value is -1.47. The van der Waals surface area contributed by atoms with Gasteiger partial charge < -0.3 is 4.74 Å². The van der Waals surface area contributed by atoms with Crippen molar-refractivity contribution in [3.05, 3.63) is 35.4 Å². The SMILES string of the molecule is N#CC1(Cc2cccc(F)c2F)CCOCC1. The molecule has 0 radical (unpaired) electrons. The number of rotatable bonds is 2. The lowest BCUT2D eigenvalue weighted by Gasteiger charge is -2.30. The molecule has 0 amide bonds. The molecule has 0 bridgehead atoms. The minimum Gasteiger partial charge on any atom is -0.381 e. The van der Waals surface area contributed by atoms with Gasteiger partial charge in [-0.05, 0) is 30.9 Å². The topological polar surface area (TPSA) is 33.0 Å². The zero-order valence-electron chi connectivity index (χ0n) is 9.38. The third kappa shape index (κ3) is 2.45. The van der Waals surface area contributed by atoms with Gasteiger partial charge in [-0.15, -0.1) is 0 Å². The Kier molecular flexibility index (Phi) is 3.39. The number of ether oxygens (including phenoxy) is 1. The molecule has 1 fully saturated rings. The van der Waals surface area contributed by atoms with Gasteiger partial charge in [-0.3, -0.25) is 0 Å². The first-order valence-electron chi connectivity index (χ1n) is 5.59. The van der Waals surface area contributed by atoms with Crippen molar-refractivity contribution >= 4 is 0 Å². The maximum atomic E-state index is 13.5. The van der Waals surface area contributed by atoms with Crippen molar-refractivity contribution in [2.75, 3.05) is 13.2 Å². The van der Waals surface area contributed by atoms with Crippen molar-refractivity contribution in [1.82, 2.24) is 0 Å². The molecule has 2 nitrogen and oxygen atoms in total. The molecular formula is C13H13F2NO. The highest BCUT2D eigenvalue weighted by Gasteiger charge is 2.33. The minimum atomic E-state index is -0.859. The predicted octanol–water partition coefficient (Wildman–Crippen LogP) is 2.83. The van der Waals surface area contributed by atoms with Crippen LogP contribution < -0.4 is 0 Å². The molecular weight excluding hydrogens is 224 g/mol. The third-order valence-electron chi connectivity index (χ3n) is 3.25. The summed E-state index contributed by atoms with van der Waals surface area (Å²) in [7, 11) is 0. The molecule has 0 aromatic heterocycles. The monoisotopic (exact) mass is 237 g/mol. The lowest BCUT2D eigenvalue weighted by atomic mass is 9.76. The Labute approximate surface area is 98.8 Å². The van der Waals surface area contributed by atoms with Crippen molar-refractivity contribution in [3.63, 3.8) is 0 Å². The molecule has 17 heavy (non-hydrogen) atoms. The summed E-state index contributed by atoms with van der Waals surface area (Å²) >= 11 is 0. The number of nitrogens with zero attached hydrogens (tertiary/aromatic N) is 1. The highest BCUT2D eigenvalue weighted by atomic mass is 19.2. The van der Waals surface area contributed by atoms with E-state index >= 15 is 0 Å². The van der Waals surface area contributed by atoms with Crippen LogP contribution in [0.3, 0.4) is 0 Å². The predicted molar refractivity (Wildman–Crippen MR) is 58.2 cm³/mol. The molecule has 0 saturated carbocycles. The molecule has 0 spiro atoms. The van der Waals surface area contributed by atoms with Crippen LogP contribution in [0.5, 0.6) is 0 Å². The second kappa shape index (κ2) is 4.80. The number of nitriles is 1. The van der Waals surface area contributed by atoms with E-state index in [1.807, 2.05) is 0 Å². The lowest BCUT2D eigenvalue weighted by molar-refractivity contribution is 0.0402. The summed E-state index contributed by atoms with van der Waals surface area (Å²) in [5.74, 6) is -1.70. The molecule has 1 aromatic carbocycles. The molecule has 1 aliphatic heterocycles. The fourth-order valence-electron chi connectivity index (χ4n) is 2.14. The first-order valence-corrected chi connectivity index (χ1v) is 5.59. The van der Waals surface area contributed by atoms with Gasteiger partial charge in [0, 0.05) is 13.2 Å². The van der Waals surface area contributed by atoms with Gasteiger partial charge >= 0.3 is 0 Å². The van der Waals surface area contributed by atoms with Gasteiger partial charge in [-0.1, -0.05) is 12.1 Å². The number of benzene rings is 1. The standard InChI is InChI=1S/C13H13F2NO/c14-11-3-1-2-10(12(11)15)8-13(9-16)4-6-17-7-5-13/h1-3H,4-8H2. The fourth-order valence-corrected chi connectivity index (χ4v) is 2.14. The molecule has 1 saturated heterocycles. The second-order valence-electron chi connectivity index (χ2n) is 4.39. The largest absolute Gasteiger partial charge is 0.381 e. The highest BCUT2D eigenvalue weighted by Crippen LogP contribution is 2.34. The zero-order valence-corrected chi connectivity index (χ0v) is 9.38. The summed E-state index contributed by atoms with van der Waals surface area (Å²) in [6, 6.07) is 6.33. The van der Waals surface area contributed by atoms with Crippen molar-refractivity contribution in [3.8, 4) is 6.07 Å². The maximum absolute atomic E-state index is 13.5. The van der Waals surface area contributed by atoms with Crippen molar-refractivity contribution in [2.24, 2.45) is 5.41 Å². The van der Waals surface area contributed by atoms with Gasteiger partial charge in [0.2, 0.25) is 0 Å². The van der Waals surface area contributed by atoms with E-state index in [0.29, 0.717) is 26.1 Å². The Bertz CT molecular complexity index is 447. The van der Waals surface area contributed by atoms with E-state index in [-0.39, 0.29) is 12.0 Å². The van der Waals surface area contributed by atoms with Crippen LogP contribution in [0, 0.1) is 28.4 Å². The third-order valence-corrected chi connectivity index (χ3v) is 3.25. The molecule has 0 N–H and O–H groups in total. The summed E-state index contributed by atoms with van der Waals surface area (Å²) in [4.78, 5) is 0. The summed E-state index contributed by atoms with van der Waals surface area (Å²) in [5, 5.41) is 9.24. The van der Waals surface area contributed by atoms with E-state index in [9.17, 15) is 14.0 Å². The molecule has 4 heteroatoms. The molecule has 1 aliphatic rings.